The Morgan fingerprint density at radius 2 is 1.79 bits per heavy atom. The van der Waals surface area contributed by atoms with Crippen LogP contribution in [-0.2, 0) is 19.0 Å². The van der Waals surface area contributed by atoms with Gasteiger partial charge < -0.3 is 33.9 Å². The van der Waals surface area contributed by atoms with Crippen molar-refractivity contribution in [2.75, 3.05) is 59.6 Å². The normalized spacial score (nSPS) is 18.2. The van der Waals surface area contributed by atoms with Crippen molar-refractivity contribution in [3.05, 3.63) is 17.7 Å². The summed E-state index contributed by atoms with van der Waals surface area (Å²) in [6.45, 7) is 2.12. The molecule has 3 rings (SSSR count). The molecule has 1 aromatic rings. The van der Waals surface area contributed by atoms with E-state index in [2.05, 4.69) is 5.32 Å². The number of ether oxygens (including phenoxy) is 5. The molecule has 28 heavy (non-hydrogen) atoms. The molecule has 1 spiro atoms. The summed E-state index contributed by atoms with van der Waals surface area (Å²) in [4.78, 5) is 26.7. The van der Waals surface area contributed by atoms with Crippen molar-refractivity contribution in [3.8, 4) is 11.5 Å². The molecule has 0 aromatic heterocycles. The Kier molecular flexibility index (Phi) is 6.38. The van der Waals surface area contributed by atoms with Gasteiger partial charge in [0.1, 0.15) is 6.61 Å². The molecule has 0 aliphatic carbocycles. The lowest BCUT2D eigenvalue weighted by molar-refractivity contribution is -0.181. The number of carbonyl (C=O) groups is 2. The van der Waals surface area contributed by atoms with Crippen molar-refractivity contribution in [3.63, 3.8) is 0 Å². The Morgan fingerprint density at radius 1 is 1.11 bits per heavy atom. The fourth-order valence-corrected chi connectivity index (χ4v) is 3.52. The van der Waals surface area contributed by atoms with Crippen molar-refractivity contribution >= 4 is 17.5 Å². The largest absolute Gasteiger partial charge is 0.493 e. The second-order valence-electron chi connectivity index (χ2n) is 6.64. The van der Waals surface area contributed by atoms with E-state index < -0.39 is 5.79 Å². The number of nitrogens with one attached hydrogen (secondary N) is 1. The molecular weight excluding hydrogens is 368 g/mol. The number of methoxy groups -OCH3 is 3. The van der Waals surface area contributed by atoms with Gasteiger partial charge in [-0.25, -0.2) is 0 Å². The molecule has 2 heterocycles. The van der Waals surface area contributed by atoms with E-state index in [-0.39, 0.29) is 18.4 Å². The average Bonchev–Trinajstić information content (AvgIpc) is 3.15. The van der Waals surface area contributed by atoms with E-state index in [1.54, 1.807) is 17.0 Å². The van der Waals surface area contributed by atoms with Gasteiger partial charge in [0.15, 0.2) is 17.3 Å². The molecule has 2 amide bonds. The van der Waals surface area contributed by atoms with E-state index in [1.807, 2.05) is 0 Å². The van der Waals surface area contributed by atoms with E-state index in [0.29, 0.717) is 61.9 Å². The van der Waals surface area contributed by atoms with E-state index in [9.17, 15) is 9.59 Å². The molecule has 2 fully saturated rings. The minimum absolute atomic E-state index is 0.113. The summed E-state index contributed by atoms with van der Waals surface area (Å²) >= 11 is 0. The van der Waals surface area contributed by atoms with Crippen LogP contribution in [0.1, 0.15) is 23.2 Å². The number of hydrogen-bond acceptors (Lipinski definition) is 7. The van der Waals surface area contributed by atoms with E-state index in [1.165, 1.54) is 21.3 Å². The van der Waals surface area contributed by atoms with Crippen molar-refractivity contribution < 1.29 is 33.3 Å². The lowest BCUT2D eigenvalue weighted by Gasteiger charge is -2.37. The van der Waals surface area contributed by atoms with Crippen LogP contribution in [0.5, 0.6) is 11.5 Å². The molecule has 9 nitrogen and oxygen atoms in total. The monoisotopic (exact) mass is 394 g/mol. The second kappa shape index (κ2) is 8.76. The van der Waals surface area contributed by atoms with Crippen molar-refractivity contribution in [2.24, 2.45) is 0 Å². The summed E-state index contributed by atoms with van der Waals surface area (Å²) in [5.74, 6) is -0.363. The first kappa shape index (κ1) is 20.4. The summed E-state index contributed by atoms with van der Waals surface area (Å²) in [7, 11) is 4.38. The number of anilines is 1. The van der Waals surface area contributed by atoms with Crippen LogP contribution in [0.25, 0.3) is 0 Å². The highest BCUT2D eigenvalue weighted by molar-refractivity contribution is 5.99. The Bertz CT molecular complexity index is 721. The van der Waals surface area contributed by atoms with Gasteiger partial charge in [0.2, 0.25) is 5.91 Å². The Hall–Kier alpha value is -2.36. The van der Waals surface area contributed by atoms with Crippen LogP contribution in [0, 0.1) is 0 Å². The molecule has 2 saturated heterocycles. The standard InChI is InChI=1S/C19H26N2O7/c1-24-12-16(22)20-14-10-13(11-15(25-2)17(14)26-3)18(23)21-6-4-19(5-7-21)27-8-9-28-19/h10-11H,4-9,12H2,1-3H3,(H,20,22). The highest BCUT2D eigenvalue weighted by Gasteiger charge is 2.41. The van der Waals surface area contributed by atoms with Crippen LogP contribution in [0.2, 0.25) is 0 Å². The average molecular weight is 394 g/mol. The van der Waals surface area contributed by atoms with Gasteiger partial charge in [-0.05, 0) is 12.1 Å². The SMILES string of the molecule is COCC(=O)Nc1cc(C(=O)N2CCC3(CC2)OCCO3)cc(OC)c1OC. The van der Waals surface area contributed by atoms with Crippen LogP contribution in [-0.4, -0.2) is 76.7 Å². The molecule has 9 heteroatoms. The Labute approximate surface area is 163 Å². The zero-order valence-electron chi connectivity index (χ0n) is 16.4. The van der Waals surface area contributed by atoms with E-state index in [4.69, 9.17) is 23.7 Å². The highest BCUT2D eigenvalue weighted by Crippen LogP contribution is 2.38. The third kappa shape index (κ3) is 4.21. The van der Waals surface area contributed by atoms with E-state index >= 15 is 0 Å². The first-order valence-electron chi connectivity index (χ1n) is 9.14. The maximum absolute atomic E-state index is 13.0. The Balaban J connectivity index is 1.80. The van der Waals surface area contributed by atoms with Gasteiger partial charge in [0, 0.05) is 38.6 Å². The molecule has 0 saturated carbocycles. The number of nitrogens with zero attached hydrogens (tertiary/aromatic N) is 1. The number of hydrogen-bond donors (Lipinski definition) is 1. The Morgan fingerprint density at radius 3 is 2.36 bits per heavy atom. The number of benzene rings is 1. The molecule has 1 N–H and O–H groups in total. The van der Waals surface area contributed by atoms with Crippen LogP contribution >= 0.6 is 0 Å². The summed E-state index contributed by atoms with van der Waals surface area (Å²) in [6.07, 6.45) is 1.26. The maximum atomic E-state index is 13.0. The summed E-state index contributed by atoms with van der Waals surface area (Å²) in [5, 5.41) is 2.70. The summed E-state index contributed by atoms with van der Waals surface area (Å²) in [5.41, 5.74) is 0.748. The quantitative estimate of drug-likeness (QED) is 0.776. The predicted octanol–water partition coefficient (Wildman–Crippen LogP) is 1.27. The van der Waals surface area contributed by atoms with E-state index in [0.717, 1.165) is 0 Å². The van der Waals surface area contributed by atoms with Gasteiger partial charge >= 0.3 is 0 Å². The zero-order valence-corrected chi connectivity index (χ0v) is 16.4. The number of piperidine rings is 1. The van der Waals surface area contributed by atoms with Gasteiger partial charge in [-0.1, -0.05) is 0 Å². The number of rotatable bonds is 6. The smallest absolute Gasteiger partial charge is 0.254 e. The van der Waals surface area contributed by atoms with Crippen molar-refractivity contribution in [1.29, 1.82) is 0 Å². The third-order valence-corrected chi connectivity index (χ3v) is 4.90. The molecule has 2 aliphatic rings. The highest BCUT2D eigenvalue weighted by atomic mass is 16.7. The fraction of sp³-hybridized carbons (Fsp3) is 0.579. The number of likely N-dealkylation sites (tertiary alicyclic amines) is 1. The fourth-order valence-electron chi connectivity index (χ4n) is 3.52. The zero-order chi connectivity index (χ0) is 20.1. The van der Waals surface area contributed by atoms with Gasteiger partial charge in [-0.2, -0.15) is 0 Å². The molecule has 1 aromatic carbocycles. The minimum Gasteiger partial charge on any atom is -0.493 e. The lowest BCUT2D eigenvalue weighted by atomic mass is 10.0. The second-order valence-corrected chi connectivity index (χ2v) is 6.64. The summed E-state index contributed by atoms with van der Waals surface area (Å²) < 4.78 is 27.0. The van der Waals surface area contributed by atoms with Crippen LogP contribution in [0.4, 0.5) is 5.69 Å². The van der Waals surface area contributed by atoms with Gasteiger partial charge in [0.25, 0.3) is 5.91 Å². The topological polar surface area (TPSA) is 95.6 Å². The van der Waals surface area contributed by atoms with Crippen molar-refractivity contribution in [1.82, 2.24) is 4.90 Å². The van der Waals surface area contributed by atoms with Gasteiger partial charge in [0.05, 0.1) is 33.1 Å². The molecule has 2 aliphatic heterocycles. The molecule has 0 unspecified atom stereocenters. The van der Waals surface area contributed by atoms with Gasteiger partial charge in [-0.15, -0.1) is 0 Å². The first-order chi connectivity index (χ1) is 13.5. The van der Waals surface area contributed by atoms with Crippen LogP contribution < -0.4 is 14.8 Å². The van der Waals surface area contributed by atoms with Crippen LogP contribution in [0.3, 0.4) is 0 Å². The molecule has 0 radical (unpaired) electrons. The number of carbonyl (C=O) groups excluding carboxylic acids is 2. The van der Waals surface area contributed by atoms with Crippen LogP contribution in [0.15, 0.2) is 12.1 Å². The summed E-state index contributed by atoms with van der Waals surface area (Å²) in [6, 6.07) is 3.20. The molecule has 154 valence electrons. The number of amides is 2. The first-order valence-corrected chi connectivity index (χ1v) is 9.14. The molecular formula is C19H26N2O7. The maximum Gasteiger partial charge on any atom is 0.254 e. The van der Waals surface area contributed by atoms with Gasteiger partial charge in [-0.3, -0.25) is 9.59 Å². The molecule has 0 bridgehead atoms. The minimum atomic E-state index is -0.548. The van der Waals surface area contributed by atoms with Crippen molar-refractivity contribution in [2.45, 2.75) is 18.6 Å². The predicted molar refractivity (Wildman–Crippen MR) is 99.8 cm³/mol. The molecule has 0 atom stereocenters. The third-order valence-electron chi connectivity index (χ3n) is 4.90. The lowest BCUT2D eigenvalue weighted by Crippen LogP contribution is -2.47.